The summed E-state index contributed by atoms with van der Waals surface area (Å²) in [4.78, 5) is 25.3. The largest absolute Gasteiger partial charge is 0.481 e. The number of hydrogen-bond donors (Lipinski definition) is 3. The Labute approximate surface area is 91.0 Å². The molecule has 0 radical (unpaired) electrons. The van der Waals surface area contributed by atoms with Crippen LogP contribution in [0.5, 0.6) is 0 Å². The van der Waals surface area contributed by atoms with Gasteiger partial charge in [-0.1, -0.05) is 5.16 Å². The Morgan fingerprint density at radius 1 is 1.62 bits per heavy atom. The van der Waals surface area contributed by atoms with Gasteiger partial charge in [0.15, 0.2) is 5.82 Å². The number of nitrogens with zero attached hydrogens (tertiary/aromatic N) is 2. The van der Waals surface area contributed by atoms with E-state index in [0.29, 0.717) is 5.82 Å². The zero-order valence-corrected chi connectivity index (χ0v) is 8.64. The summed E-state index contributed by atoms with van der Waals surface area (Å²) in [6.07, 6.45) is 1.03. The first-order chi connectivity index (χ1) is 7.58. The molecule has 0 aromatic carbocycles. The van der Waals surface area contributed by atoms with Gasteiger partial charge in [0.05, 0.1) is 13.0 Å². The summed E-state index contributed by atoms with van der Waals surface area (Å²) in [5.41, 5.74) is 0. The maximum atomic E-state index is 11.2. The summed E-state index contributed by atoms with van der Waals surface area (Å²) in [6.45, 7) is 1.73. The van der Waals surface area contributed by atoms with Gasteiger partial charge in [-0.05, 0) is 6.92 Å². The van der Waals surface area contributed by atoms with E-state index in [2.05, 4.69) is 25.3 Å². The molecule has 2 amide bonds. The Hall–Kier alpha value is -2.12. The first-order valence-electron chi connectivity index (χ1n) is 4.59. The second-order valence-electron chi connectivity index (χ2n) is 3.17. The average Bonchev–Trinajstić information content (AvgIpc) is 2.65. The Morgan fingerprint density at radius 2 is 2.38 bits per heavy atom. The molecule has 16 heavy (non-hydrogen) atoms. The van der Waals surface area contributed by atoms with Gasteiger partial charge < -0.3 is 20.3 Å². The van der Waals surface area contributed by atoms with E-state index in [1.807, 2.05) is 0 Å². The smallest absolute Gasteiger partial charge is 0.315 e. The van der Waals surface area contributed by atoms with Gasteiger partial charge in [0.1, 0.15) is 0 Å². The normalized spacial score (nSPS) is 11.8. The molecule has 1 rings (SSSR count). The zero-order chi connectivity index (χ0) is 12.0. The van der Waals surface area contributed by atoms with Crippen LogP contribution in [0.4, 0.5) is 4.79 Å². The molecule has 1 atom stereocenters. The van der Waals surface area contributed by atoms with Gasteiger partial charge in [0, 0.05) is 6.04 Å². The molecule has 0 aliphatic heterocycles. The SMILES string of the molecule is CC(CC(=O)O)NC(=O)NCc1ncon1. The molecule has 0 fully saturated rings. The fourth-order valence-corrected chi connectivity index (χ4v) is 1.02. The van der Waals surface area contributed by atoms with E-state index in [1.54, 1.807) is 6.92 Å². The van der Waals surface area contributed by atoms with E-state index < -0.39 is 18.0 Å². The molecule has 0 saturated heterocycles. The van der Waals surface area contributed by atoms with Gasteiger partial charge in [-0.3, -0.25) is 4.79 Å². The molecule has 3 N–H and O–H groups in total. The van der Waals surface area contributed by atoms with Crippen molar-refractivity contribution in [3.05, 3.63) is 12.2 Å². The maximum absolute atomic E-state index is 11.2. The lowest BCUT2D eigenvalue weighted by atomic mass is 10.2. The predicted octanol–water partition coefficient (Wildman–Crippen LogP) is -0.268. The summed E-state index contributed by atoms with van der Waals surface area (Å²) in [6, 6.07) is -0.915. The maximum Gasteiger partial charge on any atom is 0.315 e. The second-order valence-corrected chi connectivity index (χ2v) is 3.17. The zero-order valence-electron chi connectivity index (χ0n) is 8.64. The van der Waals surface area contributed by atoms with Crippen molar-refractivity contribution < 1.29 is 19.2 Å². The standard InChI is InChI=1S/C8H12N4O4/c1-5(2-7(13)14)11-8(15)9-3-6-10-4-16-12-6/h4-5H,2-3H2,1H3,(H,13,14)(H2,9,11,15). The fraction of sp³-hybridized carbons (Fsp3) is 0.500. The summed E-state index contributed by atoms with van der Waals surface area (Å²) >= 11 is 0. The molecule has 1 unspecified atom stereocenters. The third-order valence-corrected chi connectivity index (χ3v) is 1.67. The molecule has 1 aromatic heterocycles. The minimum absolute atomic E-state index is 0.127. The Morgan fingerprint density at radius 3 is 2.94 bits per heavy atom. The van der Waals surface area contributed by atoms with Gasteiger partial charge >= 0.3 is 12.0 Å². The van der Waals surface area contributed by atoms with E-state index in [4.69, 9.17) is 5.11 Å². The minimum Gasteiger partial charge on any atom is -0.481 e. The van der Waals surface area contributed by atoms with Crippen molar-refractivity contribution in [2.24, 2.45) is 0 Å². The number of rotatable bonds is 5. The number of aromatic nitrogens is 2. The number of nitrogens with one attached hydrogen (secondary N) is 2. The van der Waals surface area contributed by atoms with E-state index in [1.165, 1.54) is 0 Å². The molecule has 1 heterocycles. The van der Waals surface area contributed by atoms with Crippen molar-refractivity contribution in [3.63, 3.8) is 0 Å². The van der Waals surface area contributed by atoms with Crippen LogP contribution in [0, 0.1) is 0 Å². The van der Waals surface area contributed by atoms with Gasteiger partial charge in [-0.15, -0.1) is 0 Å². The molecule has 8 nitrogen and oxygen atoms in total. The quantitative estimate of drug-likeness (QED) is 0.638. The van der Waals surface area contributed by atoms with Crippen LogP contribution in [0.2, 0.25) is 0 Å². The fourth-order valence-electron chi connectivity index (χ4n) is 1.02. The highest BCUT2D eigenvalue weighted by Crippen LogP contribution is 1.91. The first-order valence-corrected chi connectivity index (χ1v) is 4.59. The van der Waals surface area contributed by atoms with Crippen LogP contribution in [-0.4, -0.2) is 33.3 Å². The molecular formula is C8H12N4O4. The van der Waals surface area contributed by atoms with Crippen LogP contribution in [0.25, 0.3) is 0 Å². The van der Waals surface area contributed by atoms with Crippen LogP contribution in [-0.2, 0) is 11.3 Å². The summed E-state index contributed by atoms with van der Waals surface area (Å²) in [7, 11) is 0. The third kappa shape index (κ3) is 4.40. The Kier molecular flexibility index (Phi) is 4.25. The highest BCUT2D eigenvalue weighted by atomic mass is 16.5. The topological polar surface area (TPSA) is 117 Å². The van der Waals surface area contributed by atoms with Crippen LogP contribution >= 0.6 is 0 Å². The Balaban J connectivity index is 2.23. The van der Waals surface area contributed by atoms with Crippen LogP contribution < -0.4 is 10.6 Å². The van der Waals surface area contributed by atoms with Crippen LogP contribution in [0.1, 0.15) is 19.2 Å². The van der Waals surface area contributed by atoms with Crippen molar-refractivity contribution in [2.45, 2.75) is 25.9 Å². The van der Waals surface area contributed by atoms with Gasteiger partial charge in [-0.25, -0.2) is 4.79 Å². The van der Waals surface area contributed by atoms with Gasteiger partial charge in [-0.2, -0.15) is 4.98 Å². The molecule has 0 aliphatic carbocycles. The number of hydrogen-bond acceptors (Lipinski definition) is 5. The van der Waals surface area contributed by atoms with Crippen molar-refractivity contribution in [1.82, 2.24) is 20.8 Å². The lowest BCUT2D eigenvalue weighted by molar-refractivity contribution is -0.137. The third-order valence-electron chi connectivity index (χ3n) is 1.67. The van der Waals surface area contributed by atoms with E-state index in [9.17, 15) is 9.59 Å². The number of carbonyl (C=O) groups is 2. The number of carboxylic acids is 1. The number of amides is 2. The van der Waals surface area contributed by atoms with Gasteiger partial charge in [0.2, 0.25) is 6.39 Å². The molecule has 0 bridgehead atoms. The Bertz CT molecular complexity index is 351. The lowest BCUT2D eigenvalue weighted by Crippen LogP contribution is -2.41. The van der Waals surface area contributed by atoms with Gasteiger partial charge in [0.25, 0.3) is 0 Å². The molecule has 1 aromatic rings. The monoisotopic (exact) mass is 228 g/mol. The van der Waals surface area contributed by atoms with Crippen molar-refractivity contribution >= 4 is 12.0 Å². The summed E-state index contributed by atoms with van der Waals surface area (Å²) in [5, 5.41) is 16.9. The number of urea groups is 1. The second kappa shape index (κ2) is 5.69. The van der Waals surface area contributed by atoms with Crippen LogP contribution in [0.15, 0.2) is 10.9 Å². The summed E-state index contributed by atoms with van der Waals surface area (Å²) < 4.78 is 4.47. The molecule has 0 aliphatic rings. The highest BCUT2D eigenvalue weighted by Gasteiger charge is 2.10. The highest BCUT2D eigenvalue weighted by molar-refractivity contribution is 5.75. The lowest BCUT2D eigenvalue weighted by Gasteiger charge is -2.11. The molecule has 88 valence electrons. The van der Waals surface area contributed by atoms with Crippen molar-refractivity contribution in [3.8, 4) is 0 Å². The molecule has 8 heteroatoms. The number of aliphatic carboxylic acids is 1. The first kappa shape index (κ1) is 12.0. The molecule has 0 saturated carbocycles. The molecule has 0 spiro atoms. The number of carbonyl (C=O) groups excluding carboxylic acids is 1. The number of carboxylic acid groups (broad SMARTS) is 1. The van der Waals surface area contributed by atoms with E-state index >= 15 is 0 Å². The van der Waals surface area contributed by atoms with E-state index in [0.717, 1.165) is 6.39 Å². The van der Waals surface area contributed by atoms with Crippen molar-refractivity contribution in [1.29, 1.82) is 0 Å². The minimum atomic E-state index is -0.967. The van der Waals surface area contributed by atoms with E-state index in [-0.39, 0.29) is 13.0 Å². The molecular weight excluding hydrogens is 216 g/mol. The predicted molar refractivity (Wildman–Crippen MR) is 51.4 cm³/mol. The van der Waals surface area contributed by atoms with Crippen molar-refractivity contribution in [2.75, 3.05) is 0 Å². The van der Waals surface area contributed by atoms with Crippen LogP contribution in [0.3, 0.4) is 0 Å². The summed E-state index contributed by atoms with van der Waals surface area (Å²) in [5.74, 6) is -0.619. The average molecular weight is 228 g/mol.